The van der Waals surface area contributed by atoms with Gasteiger partial charge in [0.15, 0.2) is 5.69 Å². The minimum absolute atomic E-state index is 0. The van der Waals surface area contributed by atoms with E-state index in [2.05, 4.69) is 17.2 Å². The zero-order valence-electron chi connectivity index (χ0n) is 11.8. The van der Waals surface area contributed by atoms with Gasteiger partial charge in [0.25, 0.3) is 5.91 Å². The van der Waals surface area contributed by atoms with Gasteiger partial charge in [0.05, 0.1) is 0 Å². The number of aromatic nitrogens is 1. The van der Waals surface area contributed by atoms with E-state index in [1.165, 1.54) is 6.26 Å². The summed E-state index contributed by atoms with van der Waals surface area (Å²) in [6.07, 6.45) is 1.44. The lowest BCUT2D eigenvalue weighted by molar-refractivity contribution is 0.0703. The molecule has 0 saturated carbocycles. The van der Waals surface area contributed by atoms with E-state index in [0.717, 1.165) is 12.1 Å². The molecule has 2 aromatic rings. The Labute approximate surface area is 129 Å². The van der Waals surface area contributed by atoms with Crippen LogP contribution in [-0.2, 0) is 0 Å². The topological polar surface area (TPSA) is 58.4 Å². The molecule has 1 unspecified atom stereocenters. The van der Waals surface area contributed by atoms with Crippen molar-refractivity contribution in [3.63, 3.8) is 0 Å². The standard InChI is InChI=1S/C15H17N3O2.ClH/c1-11-9-18(8-7-16-11)15(19)13-10-20-14(17-13)12-5-3-2-4-6-12;/h2-6,10-11,16H,7-9H2,1H3;1H. The number of halogens is 1. The minimum Gasteiger partial charge on any atom is -0.444 e. The molecule has 1 amide bonds. The Morgan fingerprint density at radius 2 is 2.14 bits per heavy atom. The van der Waals surface area contributed by atoms with Crippen LogP contribution in [0.4, 0.5) is 0 Å². The molecular formula is C15H18ClN3O2. The molecule has 0 aliphatic carbocycles. The second-order valence-corrected chi connectivity index (χ2v) is 5.01. The van der Waals surface area contributed by atoms with Crippen molar-refractivity contribution in [1.29, 1.82) is 0 Å². The summed E-state index contributed by atoms with van der Waals surface area (Å²) in [6.45, 7) is 4.29. The van der Waals surface area contributed by atoms with Gasteiger partial charge in [-0.15, -0.1) is 12.4 Å². The van der Waals surface area contributed by atoms with E-state index in [9.17, 15) is 4.79 Å². The van der Waals surface area contributed by atoms with Crippen LogP contribution in [0, 0.1) is 0 Å². The third-order valence-electron chi connectivity index (χ3n) is 3.40. The summed E-state index contributed by atoms with van der Waals surface area (Å²) in [5, 5.41) is 3.31. The van der Waals surface area contributed by atoms with Gasteiger partial charge >= 0.3 is 0 Å². The van der Waals surface area contributed by atoms with Crippen LogP contribution < -0.4 is 5.32 Å². The smallest absolute Gasteiger partial charge is 0.275 e. The largest absolute Gasteiger partial charge is 0.444 e. The number of amides is 1. The molecule has 2 heterocycles. The number of piperazine rings is 1. The average molecular weight is 308 g/mol. The van der Waals surface area contributed by atoms with Crippen molar-refractivity contribution in [3.8, 4) is 11.5 Å². The van der Waals surface area contributed by atoms with Crippen LogP contribution in [0.2, 0.25) is 0 Å². The molecule has 6 heteroatoms. The molecule has 1 aliphatic rings. The van der Waals surface area contributed by atoms with Crippen LogP contribution >= 0.6 is 12.4 Å². The van der Waals surface area contributed by atoms with Crippen molar-refractivity contribution in [2.75, 3.05) is 19.6 Å². The predicted molar refractivity (Wildman–Crippen MR) is 82.6 cm³/mol. The molecule has 1 saturated heterocycles. The molecule has 5 nitrogen and oxygen atoms in total. The first-order valence-electron chi connectivity index (χ1n) is 6.77. The number of carbonyl (C=O) groups is 1. The van der Waals surface area contributed by atoms with Gasteiger partial charge in [-0.1, -0.05) is 18.2 Å². The molecule has 21 heavy (non-hydrogen) atoms. The van der Waals surface area contributed by atoms with Gasteiger partial charge < -0.3 is 14.6 Å². The molecule has 1 aromatic heterocycles. The minimum atomic E-state index is -0.0655. The Morgan fingerprint density at radius 1 is 1.38 bits per heavy atom. The molecule has 1 aromatic carbocycles. The normalized spacial score (nSPS) is 18.1. The highest BCUT2D eigenvalue weighted by Gasteiger charge is 2.24. The summed E-state index contributed by atoms with van der Waals surface area (Å²) in [5.74, 6) is 0.418. The van der Waals surface area contributed by atoms with Gasteiger partial charge in [-0.2, -0.15) is 0 Å². The van der Waals surface area contributed by atoms with Crippen molar-refractivity contribution in [2.45, 2.75) is 13.0 Å². The Balaban J connectivity index is 0.00000161. The monoisotopic (exact) mass is 307 g/mol. The van der Waals surface area contributed by atoms with Crippen LogP contribution in [0.25, 0.3) is 11.5 Å². The fourth-order valence-corrected chi connectivity index (χ4v) is 2.36. The van der Waals surface area contributed by atoms with Gasteiger partial charge in [0, 0.05) is 31.2 Å². The Kier molecular flexibility index (Phi) is 4.98. The summed E-state index contributed by atoms with van der Waals surface area (Å²) in [7, 11) is 0. The molecular weight excluding hydrogens is 290 g/mol. The highest BCUT2D eigenvalue weighted by atomic mass is 35.5. The van der Waals surface area contributed by atoms with Crippen molar-refractivity contribution in [2.24, 2.45) is 0 Å². The first-order chi connectivity index (χ1) is 9.74. The molecule has 0 spiro atoms. The van der Waals surface area contributed by atoms with E-state index in [-0.39, 0.29) is 18.3 Å². The maximum atomic E-state index is 12.4. The van der Waals surface area contributed by atoms with E-state index in [0.29, 0.717) is 30.7 Å². The second kappa shape index (κ2) is 6.74. The lowest BCUT2D eigenvalue weighted by Gasteiger charge is -2.31. The number of rotatable bonds is 2. The quantitative estimate of drug-likeness (QED) is 0.924. The van der Waals surface area contributed by atoms with Crippen LogP contribution in [0.5, 0.6) is 0 Å². The lowest BCUT2D eigenvalue weighted by atomic mass is 10.2. The van der Waals surface area contributed by atoms with Crippen molar-refractivity contribution in [1.82, 2.24) is 15.2 Å². The summed E-state index contributed by atoms with van der Waals surface area (Å²) in [6, 6.07) is 9.90. The Bertz CT molecular complexity index is 600. The number of nitrogens with one attached hydrogen (secondary N) is 1. The molecule has 3 rings (SSSR count). The number of hydrogen-bond acceptors (Lipinski definition) is 4. The van der Waals surface area contributed by atoms with Crippen LogP contribution in [-0.4, -0.2) is 41.5 Å². The lowest BCUT2D eigenvalue weighted by Crippen LogP contribution is -2.51. The van der Waals surface area contributed by atoms with Crippen molar-refractivity contribution >= 4 is 18.3 Å². The van der Waals surface area contributed by atoms with E-state index in [1.54, 1.807) is 0 Å². The summed E-state index contributed by atoms with van der Waals surface area (Å²) < 4.78 is 5.42. The van der Waals surface area contributed by atoms with Gasteiger partial charge in [-0.3, -0.25) is 4.79 Å². The van der Waals surface area contributed by atoms with E-state index in [4.69, 9.17) is 4.42 Å². The average Bonchev–Trinajstić information content (AvgIpc) is 2.97. The van der Waals surface area contributed by atoms with Gasteiger partial charge in [0.2, 0.25) is 5.89 Å². The Morgan fingerprint density at radius 3 is 2.86 bits per heavy atom. The number of carbonyl (C=O) groups excluding carboxylic acids is 1. The van der Waals surface area contributed by atoms with E-state index < -0.39 is 0 Å². The van der Waals surface area contributed by atoms with Gasteiger partial charge in [-0.05, 0) is 19.1 Å². The van der Waals surface area contributed by atoms with E-state index >= 15 is 0 Å². The first-order valence-corrected chi connectivity index (χ1v) is 6.77. The summed E-state index contributed by atoms with van der Waals surface area (Å²) in [5.41, 5.74) is 1.25. The maximum absolute atomic E-state index is 12.4. The van der Waals surface area contributed by atoms with E-state index in [1.807, 2.05) is 35.2 Å². The van der Waals surface area contributed by atoms with Crippen molar-refractivity contribution < 1.29 is 9.21 Å². The third kappa shape index (κ3) is 3.43. The second-order valence-electron chi connectivity index (χ2n) is 5.01. The summed E-state index contributed by atoms with van der Waals surface area (Å²) in [4.78, 5) is 18.5. The van der Waals surface area contributed by atoms with Crippen LogP contribution in [0.15, 0.2) is 41.0 Å². The SMILES string of the molecule is CC1CN(C(=O)c2coc(-c3ccccc3)n2)CCN1.Cl. The molecule has 0 bridgehead atoms. The van der Waals surface area contributed by atoms with Crippen molar-refractivity contribution in [3.05, 3.63) is 42.3 Å². The molecule has 1 N–H and O–H groups in total. The molecule has 1 aliphatic heterocycles. The van der Waals surface area contributed by atoms with Gasteiger partial charge in [0.1, 0.15) is 6.26 Å². The molecule has 1 fully saturated rings. The maximum Gasteiger partial charge on any atom is 0.275 e. The molecule has 0 radical (unpaired) electrons. The highest BCUT2D eigenvalue weighted by Crippen LogP contribution is 2.19. The Hall–Kier alpha value is -1.85. The number of nitrogens with zero attached hydrogens (tertiary/aromatic N) is 2. The fraction of sp³-hybridized carbons (Fsp3) is 0.333. The molecule has 112 valence electrons. The van der Waals surface area contributed by atoms with Crippen LogP contribution in [0.1, 0.15) is 17.4 Å². The number of hydrogen-bond donors (Lipinski definition) is 1. The predicted octanol–water partition coefficient (Wildman–Crippen LogP) is 2.20. The number of oxazole rings is 1. The first kappa shape index (κ1) is 15.5. The zero-order valence-corrected chi connectivity index (χ0v) is 12.6. The number of benzene rings is 1. The fourth-order valence-electron chi connectivity index (χ4n) is 2.36. The van der Waals surface area contributed by atoms with Crippen LogP contribution in [0.3, 0.4) is 0 Å². The highest BCUT2D eigenvalue weighted by molar-refractivity contribution is 5.92. The zero-order chi connectivity index (χ0) is 13.9. The third-order valence-corrected chi connectivity index (χ3v) is 3.40. The van der Waals surface area contributed by atoms with Gasteiger partial charge in [-0.25, -0.2) is 4.98 Å². The summed E-state index contributed by atoms with van der Waals surface area (Å²) >= 11 is 0. The molecule has 1 atom stereocenters.